The van der Waals surface area contributed by atoms with E-state index in [0.29, 0.717) is 19.8 Å². The molecule has 0 radical (unpaired) electrons. The fourth-order valence-electron chi connectivity index (χ4n) is 2.93. The number of likely N-dealkylation sites (tertiary alicyclic amines) is 1. The first-order chi connectivity index (χ1) is 9.24. The number of hydrogen-bond donors (Lipinski definition) is 0. The number of nitrogens with zero attached hydrogens (tertiary/aromatic N) is 2. The summed E-state index contributed by atoms with van der Waals surface area (Å²) < 4.78 is 28.2. The van der Waals surface area contributed by atoms with Crippen molar-refractivity contribution in [1.29, 1.82) is 0 Å². The molecule has 0 aromatic carbocycles. The van der Waals surface area contributed by atoms with Crippen LogP contribution in [0.4, 0.5) is 0 Å². The van der Waals surface area contributed by atoms with Crippen molar-refractivity contribution in [1.82, 2.24) is 9.80 Å². The van der Waals surface area contributed by atoms with Crippen LogP contribution in [0, 0.1) is 0 Å². The Morgan fingerprint density at radius 2 is 2.00 bits per heavy atom. The zero-order chi connectivity index (χ0) is 15.0. The van der Waals surface area contributed by atoms with Gasteiger partial charge in [-0.05, 0) is 26.9 Å². The van der Waals surface area contributed by atoms with Gasteiger partial charge in [-0.2, -0.15) is 0 Å². The molecule has 116 valence electrons. The van der Waals surface area contributed by atoms with Gasteiger partial charge in [0, 0.05) is 48.9 Å². The van der Waals surface area contributed by atoms with Crippen LogP contribution in [-0.4, -0.2) is 75.3 Å². The molecule has 0 N–H and O–H groups in total. The van der Waals surface area contributed by atoms with E-state index in [4.69, 9.17) is 15.4 Å². The number of amides is 1. The zero-order valence-electron chi connectivity index (χ0n) is 11.8. The normalized spacial score (nSPS) is 27.3. The van der Waals surface area contributed by atoms with Gasteiger partial charge in [0.25, 0.3) is 0 Å². The van der Waals surface area contributed by atoms with Crippen molar-refractivity contribution in [2.24, 2.45) is 0 Å². The summed E-state index contributed by atoms with van der Waals surface area (Å²) in [6.07, 6.45) is 1.66. The van der Waals surface area contributed by atoms with Crippen molar-refractivity contribution >= 4 is 25.6 Å². The summed E-state index contributed by atoms with van der Waals surface area (Å²) in [5, 5.41) is -0.782. The van der Waals surface area contributed by atoms with Gasteiger partial charge in [-0.25, -0.2) is 8.42 Å². The van der Waals surface area contributed by atoms with Crippen molar-refractivity contribution in [2.75, 3.05) is 40.4 Å². The molecule has 2 fully saturated rings. The lowest BCUT2D eigenvalue weighted by Crippen LogP contribution is -2.56. The summed E-state index contributed by atoms with van der Waals surface area (Å²) in [6, 6.07) is 0. The highest BCUT2D eigenvalue weighted by atomic mass is 35.7. The summed E-state index contributed by atoms with van der Waals surface area (Å²) in [5.74, 6) is -0.132. The zero-order valence-corrected chi connectivity index (χ0v) is 13.4. The van der Waals surface area contributed by atoms with Crippen LogP contribution in [0.5, 0.6) is 0 Å². The minimum Gasteiger partial charge on any atom is -0.381 e. The second-order valence-corrected chi connectivity index (χ2v) is 8.72. The maximum absolute atomic E-state index is 12.0. The quantitative estimate of drug-likeness (QED) is 0.694. The van der Waals surface area contributed by atoms with E-state index < -0.39 is 14.3 Å². The third-order valence-corrected chi connectivity index (χ3v) is 6.30. The molecule has 2 saturated heterocycles. The molecule has 0 spiro atoms. The molecular weight excluding hydrogens is 304 g/mol. The smallest absolute Gasteiger partial charge is 0.237 e. The average molecular weight is 325 g/mol. The van der Waals surface area contributed by atoms with Crippen LogP contribution in [0.25, 0.3) is 0 Å². The number of ether oxygens (including phenoxy) is 1. The Kier molecular flexibility index (Phi) is 4.63. The molecule has 0 bridgehead atoms. The van der Waals surface area contributed by atoms with Crippen molar-refractivity contribution < 1.29 is 17.9 Å². The van der Waals surface area contributed by atoms with E-state index in [0.717, 1.165) is 12.8 Å². The summed E-state index contributed by atoms with van der Waals surface area (Å²) in [7, 11) is 5.67. The molecule has 2 heterocycles. The largest absolute Gasteiger partial charge is 0.381 e. The van der Waals surface area contributed by atoms with Crippen molar-refractivity contribution in [3.63, 3.8) is 0 Å². The molecule has 0 saturated carbocycles. The van der Waals surface area contributed by atoms with E-state index in [1.807, 2.05) is 14.1 Å². The Morgan fingerprint density at radius 1 is 1.40 bits per heavy atom. The minimum absolute atomic E-state index is 0.00809. The predicted molar refractivity (Wildman–Crippen MR) is 76.2 cm³/mol. The molecule has 2 aliphatic heterocycles. The van der Waals surface area contributed by atoms with Gasteiger partial charge in [0.2, 0.25) is 15.0 Å². The number of likely N-dealkylation sites (N-methyl/N-ethyl adjacent to an activating group) is 1. The monoisotopic (exact) mass is 324 g/mol. The minimum atomic E-state index is -3.68. The second-order valence-electron chi connectivity index (χ2n) is 5.81. The Hall–Kier alpha value is -0.370. The van der Waals surface area contributed by atoms with Crippen molar-refractivity contribution in [2.45, 2.75) is 30.1 Å². The number of carbonyl (C=O) groups excluding carboxylic acids is 1. The first-order valence-electron chi connectivity index (χ1n) is 6.71. The highest BCUT2D eigenvalue weighted by Crippen LogP contribution is 2.30. The van der Waals surface area contributed by atoms with Crippen LogP contribution in [0.2, 0.25) is 0 Å². The number of halogens is 1. The van der Waals surface area contributed by atoms with Crippen LogP contribution in [0.3, 0.4) is 0 Å². The first-order valence-corrected chi connectivity index (χ1v) is 9.08. The number of rotatable bonds is 4. The molecule has 8 heteroatoms. The van der Waals surface area contributed by atoms with Gasteiger partial charge in [0.15, 0.2) is 0 Å². The van der Waals surface area contributed by atoms with Crippen LogP contribution in [-0.2, 0) is 18.6 Å². The highest BCUT2D eigenvalue weighted by Gasteiger charge is 2.43. The fraction of sp³-hybridized carbons (Fsp3) is 0.917. The van der Waals surface area contributed by atoms with E-state index in [2.05, 4.69) is 4.90 Å². The second kappa shape index (κ2) is 5.79. The Morgan fingerprint density at radius 3 is 2.45 bits per heavy atom. The third-order valence-electron chi connectivity index (χ3n) is 4.43. The Balaban J connectivity index is 2.10. The average Bonchev–Trinajstić information content (AvgIpc) is 2.72. The molecule has 0 aromatic heterocycles. The van der Waals surface area contributed by atoms with Crippen LogP contribution in [0.15, 0.2) is 0 Å². The lowest BCUT2D eigenvalue weighted by molar-refractivity contribution is -0.130. The molecule has 2 rings (SSSR count). The van der Waals surface area contributed by atoms with E-state index in [1.165, 1.54) is 0 Å². The summed E-state index contributed by atoms with van der Waals surface area (Å²) in [6.45, 7) is 2.06. The predicted octanol–water partition coefficient (Wildman–Crippen LogP) is 0.267. The SMILES string of the molecule is CN(C)C1(CN2CC(S(=O)(=O)Cl)CC2=O)CCOCC1. The third kappa shape index (κ3) is 3.27. The molecule has 1 atom stereocenters. The maximum atomic E-state index is 12.0. The molecule has 2 aliphatic rings. The molecule has 6 nitrogen and oxygen atoms in total. The van der Waals surface area contributed by atoms with E-state index in [1.54, 1.807) is 4.90 Å². The number of carbonyl (C=O) groups is 1. The van der Waals surface area contributed by atoms with Gasteiger partial charge in [-0.1, -0.05) is 0 Å². The van der Waals surface area contributed by atoms with Gasteiger partial charge in [0.05, 0.1) is 0 Å². The van der Waals surface area contributed by atoms with Gasteiger partial charge < -0.3 is 14.5 Å². The molecular formula is C12H21ClN2O4S. The van der Waals surface area contributed by atoms with Crippen molar-refractivity contribution in [3.05, 3.63) is 0 Å². The fourth-order valence-corrected chi connectivity index (χ4v) is 3.99. The van der Waals surface area contributed by atoms with Gasteiger partial charge in [-0.3, -0.25) is 4.79 Å². The standard InChI is InChI=1S/C12H21ClN2O4S/c1-14(2)12(3-5-19-6-4-12)9-15-8-10(7-11(15)16)20(13,17)18/h10H,3-9H2,1-2H3. The van der Waals surface area contributed by atoms with Crippen LogP contribution in [0.1, 0.15) is 19.3 Å². The molecule has 1 amide bonds. The lowest BCUT2D eigenvalue weighted by atomic mass is 9.88. The molecule has 0 aromatic rings. The molecule has 1 unspecified atom stereocenters. The van der Waals surface area contributed by atoms with E-state index in [-0.39, 0.29) is 24.4 Å². The topological polar surface area (TPSA) is 66.9 Å². The van der Waals surface area contributed by atoms with Gasteiger partial charge >= 0.3 is 0 Å². The van der Waals surface area contributed by atoms with Crippen LogP contribution >= 0.6 is 10.7 Å². The van der Waals surface area contributed by atoms with E-state index in [9.17, 15) is 13.2 Å². The summed E-state index contributed by atoms with van der Waals surface area (Å²) in [4.78, 5) is 15.8. The Labute approximate surface area is 124 Å². The maximum Gasteiger partial charge on any atom is 0.237 e. The Bertz CT molecular complexity index is 474. The number of hydrogen-bond acceptors (Lipinski definition) is 5. The first kappa shape index (κ1) is 16.0. The summed E-state index contributed by atoms with van der Waals surface area (Å²) in [5.41, 5.74) is -0.140. The lowest BCUT2D eigenvalue weighted by Gasteiger charge is -2.45. The highest BCUT2D eigenvalue weighted by molar-refractivity contribution is 8.14. The molecule has 0 aliphatic carbocycles. The summed E-state index contributed by atoms with van der Waals surface area (Å²) >= 11 is 0. The van der Waals surface area contributed by atoms with Crippen LogP contribution < -0.4 is 0 Å². The van der Waals surface area contributed by atoms with Gasteiger partial charge in [0.1, 0.15) is 5.25 Å². The van der Waals surface area contributed by atoms with Crippen molar-refractivity contribution in [3.8, 4) is 0 Å². The van der Waals surface area contributed by atoms with Gasteiger partial charge in [-0.15, -0.1) is 0 Å². The molecule has 20 heavy (non-hydrogen) atoms. The van der Waals surface area contributed by atoms with E-state index >= 15 is 0 Å².